The molecule has 1 fully saturated rings. The summed E-state index contributed by atoms with van der Waals surface area (Å²) in [6.45, 7) is 2.74. The van der Waals surface area contributed by atoms with Gasteiger partial charge in [-0.15, -0.1) is 0 Å². The Kier molecular flexibility index (Phi) is 3.91. The van der Waals surface area contributed by atoms with Crippen molar-refractivity contribution >= 4 is 11.6 Å². The summed E-state index contributed by atoms with van der Waals surface area (Å²) in [6.07, 6.45) is 1.98. The zero-order valence-corrected chi connectivity index (χ0v) is 10.2. The Morgan fingerprint density at radius 1 is 1.44 bits per heavy atom. The highest BCUT2D eigenvalue weighted by molar-refractivity contribution is 5.95. The molecular weight excluding hydrogens is 238 g/mol. The lowest BCUT2D eigenvalue weighted by Crippen LogP contribution is -2.48. The molecule has 0 bridgehead atoms. The zero-order chi connectivity index (χ0) is 13.1. The second kappa shape index (κ2) is 5.44. The average Bonchev–Trinajstić information content (AvgIpc) is 2.35. The first kappa shape index (κ1) is 13.0. The summed E-state index contributed by atoms with van der Waals surface area (Å²) in [5.74, 6) is -2.10. The number of nitrogens with one attached hydrogen (secondary N) is 2. The molecule has 1 amide bonds. The Morgan fingerprint density at radius 2 is 2.22 bits per heavy atom. The minimum absolute atomic E-state index is 0.112. The third-order valence-corrected chi connectivity index (χ3v) is 3.26. The lowest BCUT2D eigenvalue weighted by atomic mass is 9.92. The van der Waals surface area contributed by atoms with E-state index in [1.54, 1.807) is 0 Å². The van der Waals surface area contributed by atoms with Gasteiger partial charge in [0.2, 0.25) is 5.91 Å². The van der Waals surface area contributed by atoms with Crippen LogP contribution in [0, 0.1) is 17.6 Å². The molecule has 2 atom stereocenters. The van der Waals surface area contributed by atoms with E-state index in [0.29, 0.717) is 0 Å². The van der Waals surface area contributed by atoms with Gasteiger partial charge in [-0.2, -0.15) is 0 Å². The van der Waals surface area contributed by atoms with E-state index in [2.05, 4.69) is 10.6 Å². The highest BCUT2D eigenvalue weighted by Crippen LogP contribution is 2.20. The summed E-state index contributed by atoms with van der Waals surface area (Å²) >= 11 is 0. The van der Waals surface area contributed by atoms with Crippen LogP contribution in [0.5, 0.6) is 0 Å². The van der Waals surface area contributed by atoms with Gasteiger partial charge in [0.05, 0.1) is 11.7 Å². The van der Waals surface area contributed by atoms with Crippen molar-refractivity contribution in [3.63, 3.8) is 0 Å². The number of anilines is 1. The van der Waals surface area contributed by atoms with Gasteiger partial charge >= 0.3 is 0 Å². The zero-order valence-electron chi connectivity index (χ0n) is 10.2. The lowest BCUT2D eigenvalue weighted by Gasteiger charge is -2.28. The lowest BCUT2D eigenvalue weighted by molar-refractivity contribution is -0.119. The second-order valence-corrected chi connectivity index (χ2v) is 4.64. The number of piperidine rings is 1. The van der Waals surface area contributed by atoms with Crippen LogP contribution in [-0.2, 0) is 4.79 Å². The van der Waals surface area contributed by atoms with Gasteiger partial charge in [-0.25, -0.2) is 8.78 Å². The van der Waals surface area contributed by atoms with Gasteiger partial charge < -0.3 is 10.6 Å². The van der Waals surface area contributed by atoms with E-state index >= 15 is 0 Å². The number of hydrogen-bond donors (Lipinski definition) is 2. The quantitative estimate of drug-likeness (QED) is 0.850. The normalized spacial score (nSPS) is 23.7. The van der Waals surface area contributed by atoms with Gasteiger partial charge in [0.25, 0.3) is 0 Å². The van der Waals surface area contributed by atoms with Gasteiger partial charge in [0.1, 0.15) is 0 Å². The predicted molar refractivity (Wildman–Crippen MR) is 65.2 cm³/mol. The number of rotatable bonds is 2. The number of benzene rings is 1. The molecule has 18 heavy (non-hydrogen) atoms. The van der Waals surface area contributed by atoms with Crippen molar-refractivity contribution in [3.05, 3.63) is 29.8 Å². The minimum atomic E-state index is -1.02. The number of carbonyl (C=O) groups excluding carboxylic acids is 1. The van der Waals surface area contributed by atoms with Crippen molar-refractivity contribution in [3.8, 4) is 0 Å². The third-order valence-electron chi connectivity index (χ3n) is 3.26. The molecule has 1 aliphatic rings. The van der Waals surface area contributed by atoms with Crippen molar-refractivity contribution in [1.29, 1.82) is 0 Å². The molecule has 1 aliphatic heterocycles. The fourth-order valence-electron chi connectivity index (χ4n) is 2.21. The molecule has 0 saturated carbocycles. The Hall–Kier alpha value is -1.49. The number of amides is 1. The summed E-state index contributed by atoms with van der Waals surface area (Å²) in [7, 11) is 0. The summed E-state index contributed by atoms with van der Waals surface area (Å²) in [4.78, 5) is 12.0. The van der Waals surface area contributed by atoms with Crippen LogP contribution < -0.4 is 10.6 Å². The van der Waals surface area contributed by atoms with Crippen molar-refractivity contribution in [2.45, 2.75) is 25.8 Å². The van der Waals surface area contributed by atoms with Crippen LogP contribution in [0.1, 0.15) is 19.8 Å². The molecule has 1 heterocycles. The maximum absolute atomic E-state index is 13.4. The first-order valence-corrected chi connectivity index (χ1v) is 6.08. The number of carbonyl (C=O) groups is 1. The molecule has 2 N–H and O–H groups in total. The molecule has 5 heteroatoms. The van der Waals surface area contributed by atoms with Gasteiger partial charge in [0.15, 0.2) is 11.6 Å². The molecule has 2 rings (SSSR count). The van der Waals surface area contributed by atoms with Gasteiger partial charge in [-0.1, -0.05) is 13.0 Å². The Morgan fingerprint density at radius 3 is 2.94 bits per heavy atom. The van der Waals surface area contributed by atoms with E-state index in [-0.39, 0.29) is 23.6 Å². The van der Waals surface area contributed by atoms with Crippen LogP contribution in [0.2, 0.25) is 0 Å². The molecule has 2 unspecified atom stereocenters. The summed E-state index contributed by atoms with van der Waals surface area (Å²) in [5, 5.41) is 5.53. The molecule has 3 nitrogen and oxygen atoms in total. The summed E-state index contributed by atoms with van der Waals surface area (Å²) in [6, 6.07) is 3.39. The van der Waals surface area contributed by atoms with E-state index < -0.39 is 11.6 Å². The van der Waals surface area contributed by atoms with Crippen molar-refractivity contribution < 1.29 is 13.6 Å². The molecule has 98 valence electrons. The molecular formula is C13H16F2N2O. The van der Waals surface area contributed by atoms with Crippen LogP contribution in [0.3, 0.4) is 0 Å². The SMILES string of the molecule is CC1CCCNC1C(=O)Nc1cccc(F)c1F. The topological polar surface area (TPSA) is 41.1 Å². The predicted octanol–water partition coefficient (Wildman–Crippen LogP) is 2.29. The first-order valence-electron chi connectivity index (χ1n) is 6.08. The fraction of sp³-hybridized carbons (Fsp3) is 0.462. The van der Waals surface area contributed by atoms with E-state index in [4.69, 9.17) is 0 Å². The molecule has 1 saturated heterocycles. The average molecular weight is 254 g/mol. The van der Waals surface area contributed by atoms with Crippen LogP contribution in [0.4, 0.5) is 14.5 Å². The third kappa shape index (κ3) is 2.67. The van der Waals surface area contributed by atoms with E-state index in [9.17, 15) is 13.6 Å². The standard InChI is InChI=1S/C13H16F2N2O/c1-8-4-3-7-16-12(8)13(18)17-10-6-2-5-9(14)11(10)15/h2,5-6,8,12,16H,3-4,7H2,1H3,(H,17,18). The minimum Gasteiger partial charge on any atom is -0.322 e. The van der Waals surface area contributed by atoms with Crippen LogP contribution in [0.15, 0.2) is 18.2 Å². The van der Waals surface area contributed by atoms with E-state index in [1.165, 1.54) is 12.1 Å². The smallest absolute Gasteiger partial charge is 0.241 e. The van der Waals surface area contributed by atoms with Crippen molar-refractivity contribution in [2.75, 3.05) is 11.9 Å². The Bertz CT molecular complexity index is 451. The highest BCUT2D eigenvalue weighted by Gasteiger charge is 2.27. The van der Waals surface area contributed by atoms with Crippen LogP contribution in [0.25, 0.3) is 0 Å². The van der Waals surface area contributed by atoms with Crippen molar-refractivity contribution in [2.24, 2.45) is 5.92 Å². The molecule has 1 aromatic rings. The fourth-order valence-corrected chi connectivity index (χ4v) is 2.21. The number of hydrogen-bond acceptors (Lipinski definition) is 2. The maximum atomic E-state index is 13.4. The van der Waals surface area contributed by atoms with Crippen molar-refractivity contribution in [1.82, 2.24) is 5.32 Å². The van der Waals surface area contributed by atoms with E-state index in [1.807, 2.05) is 6.92 Å². The molecule has 1 aromatic carbocycles. The summed E-state index contributed by atoms with van der Waals surface area (Å²) < 4.78 is 26.4. The van der Waals surface area contributed by atoms with Gasteiger partial charge in [-0.05, 0) is 37.4 Å². The Balaban J connectivity index is 2.09. The van der Waals surface area contributed by atoms with Gasteiger partial charge in [0, 0.05) is 0 Å². The van der Waals surface area contributed by atoms with E-state index in [0.717, 1.165) is 25.5 Å². The van der Waals surface area contributed by atoms with Crippen LogP contribution in [-0.4, -0.2) is 18.5 Å². The maximum Gasteiger partial charge on any atom is 0.241 e. The Labute approximate surface area is 105 Å². The highest BCUT2D eigenvalue weighted by atomic mass is 19.2. The number of halogens is 2. The van der Waals surface area contributed by atoms with Crippen LogP contribution >= 0.6 is 0 Å². The molecule has 0 spiro atoms. The molecule has 0 aliphatic carbocycles. The largest absolute Gasteiger partial charge is 0.322 e. The second-order valence-electron chi connectivity index (χ2n) is 4.64. The first-order chi connectivity index (χ1) is 8.59. The molecule has 0 aromatic heterocycles. The van der Waals surface area contributed by atoms with Gasteiger partial charge in [-0.3, -0.25) is 4.79 Å². The molecule has 0 radical (unpaired) electrons. The summed E-state index contributed by atoms with van der Waals surface area (Å²) in [5.41, 5.74) is -0.112. The monoisotopic (exact) mass is 254 g/mol.